The van der Waals surface area contributed by atoms with Crippen molar-refractivity contribution in [3.63, 3.8) is 0 Å². The molecule has 5 nitrogen and oxygen atoms in total. The number of hydrogen-bond donors (Lipinski definition) is 0. The zero-order chi connectivity index (χ0) is 15.0. The van der Waals surface area contributed by atoms with Gasteiger partial charge in [0, 0.05) is 6.20 Å². The summed E-state index contributed by atoms with van der Waals surface area (Å²) >= 11 is 0. The molecule has 118 valence electrons. The molecule has 2 fully saturated rings. The van der Waals surface area contributed by atoms with Gasteiger partial charge in [-0.25, -0.2) is 17.2 Å². The molecule has 2 unspecified atom stereocenters. The van der Waals surface area contributed by atoms with Crippen molar-refractivity contribution in [2.24, 2.45) is 0 Å². The highest BCUT2D eigenvalue weighted by Gasteiger charge is 2.37. The summed E-state index contributed by atoms with van der Waals surface area (Å²) in [6, 6.07) is 1.32. The lowest BCUT2D eigenvalue weighted by molar-refractivity contribution is 0.121. The molecule has 0 N–H and O–H groups in total. The fraction of sp³-hybridized carbons (Fsp3) is 0.727. The molecule has 0 aromatic carbocycles. The van der Waals surface area contributed by atoms with Crippen molar-refractivity contribution < 1.29 is 17.2 Å². The van der Waals surface area contributed by atoms with Crippen LogP contribution in [0.1, 0.15) is 25.7 Å². The third-order valence-corrected chi connectivity index (χ3v) is 9.63. The second kappa shape index (κ2) is 6.15. The quantitative estimate of drug-likeness (QED) is 0.674. The lowest BCUT2D eigenvalue weighted by Crippen LogP contribution is -2.18. The topological polar surface area (TPSA) is 55.2 Å². The first-order chi connectivity index (χ1) is 9.95. The zero-order valence-corrected chi connectivity index (χ0v) is 14.1. The van der Waals surface area contributed by atoms with Gasteiger partial charge in [0.05, 0.1) is 0 Å². The molecule has 0 spiro atoms. The van der Waals surface area contributed by atoms with Crippen LogP contribution in [-0.4, -0.2) is 39.8 Å². The zero-order valence-electron chi connectivity index (χ0n) is 11.2. The van der Waals surface area contributed by atoms with E-state index in [1.165, 1.54) is 12.3 Å². The van der Waals surface area contributed by atoms with E-state index in [1.54, 1.807) is 3.85 Å². The van der Waals surface area contributed by atoms with Crippen LogP contribution in [0, 0.1) is 0 Å². The molecule has 3 rings (SSSR count). The van der Waals surface area contributed by atoms with Crippen LogP contribution in [0.2, 0.25) is 0 Å². The van der Waals surface area contributed by atoms with Gasteiger partial charge in [0.2, 0.25) is 0 Å². The van der Waals surface area contributed by atoms with Crippen molar-refractivity contribution in [1.29, 1.82) is 0 Å². The number of rotatable bonds is 8. The standard InChI is InChI=1S/C11H17F2N3O2P2S/c12-10(13)7-15-6-5-11(14-15)21(17,18)16(19-8-1-2-8)20-9-3-4-9/h5-6,8-10,19-20H,1-4,7H2. The average molecular weight is 355 g/mol. The third kappa shape index (κ3) is 4.19. The Morgan fingerprint density at radius 3 is 2.33 bits per heavy atom. The Bertz CT molecular complexity index is 588. The molecule has 21 heavy (non-hydrogen) atoms. The highest BCUT2D eigenvalue weighted by atomic mass is 32.2. The van der Waals surface area contributed by atoms with Gasteiger partial charge in [0.25, 0.3) is 16.4 Å². The second-order valence-corrected chi connectivity index (χ2v) is 11.2. The first-order valence-corrected chi connectivity index (χ1v) is 10.3. The number of hydrogen-bond acceptors (Lipinski definition) is 3. The minimum absolute atomic E-state index is 0.107. The van der Waals surface area contributed by atoms with Crippen LogP contribution < -0.4 is 0 Å². The number of halogens is 2. The molecule has 1 aromatic heterocycles. The molecule has 2 aliphatic carbocycles. The maximum atomic E-state index is 12.6. The number of alkyl halides is 2. The number of sulfonamides is 1. The summed E-state index contributed by atoms with van der Waals surface area (Å²) in [5.41, 5.74) is 0.961. The van der Waals surface area contributed by atoms with Gasteiger partial charge in [-0.3, -0.25) is 4.68 Å². The van der Waals surface area contributed by atoms with E-state index in [1.807, 2.05) is 0 Å². The van der Waals surface area contributed by atoms with Gasteiger partial charge in [-0.05, 0) is 60.5 Å². The second-order valence-electron chi connectivity index (χ2n) is 5.34. The summed E-state index contributed by atoms with van der Waals surface area (Å²) in [6.07, 6.45) is 3.09. The molecular formula is C11H17F2N3O2P2S. The molecule has 1 heterocycles. The van der Waals surface area contributed by atoms with E-state index in [0.29, 0.717) is 11.3 Å². The summed E-state index contributed by atoms with van der Waals surface area (Å²) in [7, 11) is -3.11. The first-order valence-electron chi connectivity index (χ1n) is 6.84. The minimum atomic E-state index is -3.64. The number of nitrogens with zero attached hydrogens (tertiary/aromatic N) is 3. The summed E-state index contributed by atoms with van der Waals surface area (Å²) in [6.45, 7) is -0.578. The highest BCUT2D eigenvalue weighted by Crippen LogP contribution is 2.54. The number of aromatic nitrogens is 2. The Kier molecular flexibility index (Phi) is 4.60. The molecule has 0 aliphatic heterocycles. The van der Waals surface area contributed by atoms with Crippen LogP contribution in [0.5, 0.6) is 0 Å². The highest BCUT2D eigenvalue weighted by molar-refractivity contribution is 7.97. The molecule has 10 heteroatoms. The lowest BCUT2D eigenvalue weighted by atomic mass is 10.7. The molecule has 0 saturated heterocycles. The molecule has 0 radical (unpaired) electrons. The smallest absolute Gasteiger partial charge is 0.266 e. The molecule has 0 bridgehead atoms. The van der Waals surface area contributed by atoms with Gasteiger partial charge in [-0.1, -0.05) is 0 Å². The fourth-order valence-electron chi connectivity index (χ4n) is 1.75. The normalized spacial score (nSPS) is 20.8. The van der Waals surface area contributed by atoms with E-state index < -0.39 is 23.0 Å². The largest absolute Gasteiger partial charge is 0.268 e. The van der Waals surface area contributed by atoms with Crippen molar-refractivity contribution in [1.82, 2.24) is 13.6 Å². The summed E-state index contributed by atoms with van der Waals surface area (Å²) < 4.78 is 52.5. The van der Waals surface area contributed by atoms with Crippen molar-refractivity contribution in [2.45, 2.75) is 55.0 Å². The predicted octanol–water partition coefficient (Wildman–Crippen LogP) is 2.65. The van der Waals surface area contributed by atoms with Gasteiger partial charge in [-0.15, -0.1) is 0 Å². The van der Waals surface area contributed by atoms with Crippen molar-refractivity contribution in [2.75, 3.05) is 0 Å². The fourth-order valence-corrected chi connectivity index (χ4v) is 7.85. The monoisotopic (exact) mass is 355 g/mol. The Hall–Kier alpha value is -0.160. The Morgan fingerprint density at radius 1 is 1.29 bits per heavy atom. The first kappa shape index (κ1) is 15.7. The van der Waals surface area contributed by atoms with E-state index in [4.69, 9.17) is 0 Å². The van der Waals surface area contributed by atoms with E-state index >= 15 is 0 Å². The SMILES string of the molecule is O=S(=O)(c1ccn(CC(F)F)n1)N(PC1CC1)PC1CC1. The predicted molar refractivity (Wildman–Crippen MR) is 79.9 cm³/mol. The summed E-state index contributed by atoms with van der Waals surface area (Å²) in [5, 5.41) is 3.71. The van der Waals surface area contributed by atoms with Gasteiger partial charge in [0.1, 0.15) is 6.54 Å². The minimum Gasteiger partial charge on any atom is -0.266 e. The van der Waals surface area contributed by atoms with Crippen molar-refractivity contribution >= 4 is 27.5 Å². The maximum Gasteiger partial charge on any atom is 0.268 e. The van der Waals surface area contributed by atoms with E-state index in [9.17, 15) is 17.2 Å². The van der Waals surface area contributed by atoms with Gasteiger partial charge < -0.3 is 0 Å². The van der Waals surface area contributed by atoms with Gasteiger partial charge in [0.15, 0.2) is 5.03 Å². The van der Waals surface area contributed by atoms with Crippen molar-refractivity contribution in [3.05, 3.63) is 12.3 Å². The Morgan fingerprint density at radius 2 is 1.86 bits per heavy atom. The molecular weight excluding hydrogens is 338 g/mol. The molecule has 2 saturated carbocycles. The molecule has 0 amide bonds. The average Bonchev–Trinajstić information content (AvgIpc) is 3.31. The van der Waals surface area contributed by atoms with Crippen LogP contribution >= 0.6 is 17.5 Å². The van der Waals surface area contributed by atoms with E-state index in [0.717, 1.165) is 30.4 Å². The van der Waals surface area contributed by atoms with Crippen LogP contribution in [0.25, 0.3) is 0 Å². The third-order valence-electron chi connectivity index (χ3n) is 3.20. The lowest BCUT2D eigenvalue weighted by Gasteiger charge is -2.20. The Labute approximate surface area is 126 Å². The molecule has 1 aromatic rings. The van der Waals surface area contributed by atoms with Gasteiger partial charge in [-0.2, -0.15) is 8.94 Å². The molecule has 2 atom stereocenters. The van der Waals surface area contributed by atoms with Crippen LogP contribution in [0.15, 0.2) is 17.3 Å². The molecule has 2 aliphatic rings. The Balaban J connectivity index is 1.76. The summed E-state index contributed by atoms with van der Waals surface area (Å²) in [5.74, 6) is 0. The van der Waals surface area contributed by atoms with Crippen molar-refractivity contribution in [3.8, 4) is 0 Å². The van der Waals surface area contributed by atoms with E-state index in [-0.39, 0.29) is 22.5 Å². The van der Waals surface area contributed by atoms with E-state index in [2.05, 4.69) is 5.10 Å². The summed E-state index contributed by atoms with van der Waals surface area (Å²) in [4.78, 5) is 0. The van der Waals surface area contributed by atoms with Crippen LogP contribution in [0.4, 0.5) is 8.78 Å². The van der Waals surface area contributed by atoms with Crippen LogP contribution in [0.3, 0.4) is 0 Å². The van der Waals surface area contributed by atoms with Gasteiger partial charge >= 0.3 is 0 Å². The maximum absolute atomic E-state index is 12.6. The van der Waals surface area contributed by atoms with Crippen LogP contribution in [-0.2, 0) is 16.6 Å².